The maximum absolute atomic E-state index is 8.81. The minimum Gasteiger partial charge on any atom is -0.488 e. The van der Waals surface area contributed by atoms with Crippen LogP contribution in [0, 0.1) is 11.3 Å². The van der Waals surface area contributed by atoms with E-state index >= 15 is 0 Å². The van der Waals surface area contributed by atoms with E-state index in [1.54, 1.807) is 12.4 Å². The number of piperidine rings is 1. The van der Waals surface area contributed by atoms with Crippen molar-refractivity contribution < 1.29 is 9.47 Å². The number of ether oxygens (including phenoxy) is 2. The lowest BCUT2D eigenvalue weighted by molar-refractivity contribution is 0.122. The van der Waals surface area contributed by atoms with Crippen molar-refractivity contribution >= 4 is 22.7 Å². The van der Waals surface area contributed by atoms with Crippen LogP contribution in [0.3, 0.4) is 0 Å². The van der Waals surface area contributed by atoms with Crippen LogP contribution in [0.5, 0.6) is 5.75 Å². The molecule has 1 saturated carbocycles. The fourth-order valence-electron chi connectivity index (χ4n) is 6.13. The third-order valence-electron chi connectivity index (χ3n) is 8.47. The van der Waals surface area contributed by atoms with E-state index in [0.717, 1.165) is 107 Å². The number of hydrogen-bond acceptors (Lipinski definition) is 10. The highest BCUT2D eigenvalue weighted by Gasteiger charge is 2.25. The van der Waals surface area contributed by atoms with Crippen molar-refractivity contribution in [3.63, 3.8) is 0 Å². The molecule has 0 unspecified atom stereocenters. The van der Waals surface area contributed by atoms with Gasteiger partial charge in [-0.05, 0) is 69.2 Å². The highest BCUT2D eigenvalue weighted by atomic mass is 16.5. The van der Waals surface area contributed by atoms with Crippen LogP contribution in [-0.4, -0.2) is 82.9 Å². The largest absolute Gasteiger partial charge is 0.488 e. The Hall–Kier alpha value is -3.55. The van der Waals surface area contributed by atoms with E-state index in [1.165, 1.54) is 5.56 Å². The normalized spacial score (nSPS) is 22.6. The number of benzene rings is 1. The number of nitriles is 1. The second-order valence-electron chi connectivity index (χ2n) is 11.1. The Balaban J connectivity index is 1.02. The number of aromatic nitrogens is 4. The van der Waals surface area contributed by atoms with Gasteiger partial charge in [0.1, 0.15) is 11.3 Å². The van der Waals surface area contributed by atoms with Crippen LogP contribution in [0.4, 0.5) is 11.6 Å². The summed E-state index contributed by atoms with van der Waals surface area (Å²) in [5.74, 6) is 2.03. The predicted octanol–water partition coefficient (Wildman–Crippen LogP) is 4.15. The van der Waals surface area contributed by atoms with Gasteiger partial charge >= 0.3 is 0 Å². The van der Waals surface area contributed by atoms with Gasteiger partial charge in [-0.1, -0.05) is 0 Å². The van der Waals surface area contributed by atoms with E-state index in [4.69, 9.17) is 14.7 Å². The molecule has 1 aliphatic carbocycles. The Morgan fingerprint density at radius 1 is 0.925 bits per heavy atom. The Morgan fingerprint density at radius 3 is 2.42 bits per heavy atom. The van der Waals surface area contributed by atoms with Crippen molar-refractivity contribution in [2.24, 2.45) is 0 Å². The van der Waals surface area contributed by atoms with Crippen molar-refractivity contribution in [1.29, 1.82) is 5.26 Å². The zero-order valence-electron chi connectivity index (χ0n) is 23.0. The molecule has 2 saturated heterocycles. The summed E-state index contributed by atoms with van der Waals surface area (Å²) in [6.07, 6.45) is 14.3. The predicted molar refractivity (Wildman–Crippen MR) is 154 cm³/mol. The van der Waals surface area contributed by atoms with Crippen LogP contribution in [0.25, 0.3) is 11.0 Å². The number of nitrogens with zero attached hydrogens (tertiary/aromatic N) is 7. The van der Waals surface area contributed by atoms with Crippen LogP contribution in [0.2, 0.25) is 0 Å². The molecule has 40 heavy (non-hydrogen) atoms. The molecule has 0 radical (unpaired) electrons. The van der Waals surface area contributed by atoms with Crippen molar-refractivity contribution in [3.05, 3.63) is 42.5 Å². The molecule has 3 aliphatic rings. The summed E-state index contributed by atoms with van der Waals surface area (Å²) < 4.78 is 12.1. The zero-order valence-corrected chi connectivity index (χ0v) is 23.0. The molecule has 210 valence electrons. The van der Waals surface area contributed by atoms with Gasteiger partial charge in [-0.3, -0.25) is 4.98 Å². The summed E-state index contributed by atoms with van der Waals surface area (Å²) in [6, 6.07) is 6.81. The molecular formula is C30H38N8O2. The average molecular weight is 543 g/mol. The molecule has 10 nitrogen and oxygen atoms in total. The number of fused-ring (bicyclic) bond motifs is 1. The number of likely N-dealkylation sites (tertiary alicyclic amines) is 1. The number of anilines is 2. The van der Waals surface area contributed by atoms with Gasteiger partial charge in [0.2, 0.25) is 5.95 Å². The van der Waals surface area contributed by atoms with Crippen molar-refractivity contribution in [1.82, 2.24) is 24.8 Å². The zero-order chi connectivity index (χ0) is 27.1. The van der Waals surface area contributed by atoms with Gasteiger partial charge < -0.3 is 24.6 Å². The molecule has 0 bridgehead atoms. The second kappa shape index (κ2) is 12.7. The SMILES string of the molecule is N#CCCN1CCC(c2cnc(N[C@H]3CC[C@@H](Oc4cc(N5CCOCC5)cc5nccnc45)CC3)nc2)CC1. The quantitative estimate of drug-likeness (QED) is 0.445. The standard InChI is InChI=1S/C30H38N8O2/c31-8-1-11-37-12-6-22(7-13-37)23-20-34-30(35-21-23)36-24-2-4-26(5-3-24)40-28-19-25(38-14-16-39-17-15-38)18-27-29(28)33-10-9-32-27/h9-10,18-22,24,26H,1-7,11-17H2,(H,34,35,36)/t24-,26+. The molecule has 2 aromatic heterocycles. The molecule has 1 N–H and O–H groups in total. The van der Waals surface area contributed by atoms with E-state index in [9.17, 15) is 0 Å². The number of hydrogen-bond donors (Lipinski definition) is 1. The lowest BCUT2D eigenvalue weighted by Crippen LogP contribution is -2.36. The maximum Gasteiger partial charge on any atom is 0.222 e. The average Bonchev–Trinajstić information content (AvgIpc) is 3.02. The molecule has 6 rings (SSSR count). The monoisotopic (exact) mass is 542 g/mol. The maximum atomic E-state index is 8.81. The van der Waals surface area contributed by atoms with Gasteiger partial charge in [-0.2, -0.15) is 5.26 Å². The first kappa shape index (κ1) is 26.7. The van der Waals surface area contributed by atoms with E-state index in [0.29, 0.717) is 24.3 Å². The van der Waals surface area contributed by atoms with Crippen LogP contribution in [0.15, 0.2) is 36.9 Å². The van der Waals surface area contributed by atoms with Gasteiger partial charge in [-0.15, -0.1) is 0 Å². The van der Waals surface area contributed by atoms with Crippen molar-refractivity contribution in [3.8, 4) is 11.8 Å². The summed E-state index contributed by atoms with van der Waals surface area (Å²) in [4.78, 5) is 23.2. The van der Waals surface area contributed by atoms with E-state index in [1.807, 2.05) is 12.4 Å². The van der Waals surface area contributed by atoms with Crippen LogP contribution in [-0.2, 0) is 4.74 Å². The molecule has 10 heteroatoms. The Morgan fingerprint density at radius 2 is 1.68 bits per heavy atom. The third kappa shape index (κ3) is 6.43. The van der Waals surface area contributed by atoms with Crippen LogP contribution in [0.1, 0.15) is 56.4 Å². The smallest absolute Gasteiger partial charge is 0.222 e. The summed E-state index contributed by atoms with van der Waals surface area (Å²) in [5, 5.41) is 12.4. The Bertz CT molecular complexity index is 1290. The van der Waals surface area contributed by atoms with Crippen LogP contribution >= 0.6 is 0 Å². The van der Waals surface area contributed by atoms with Gasteiger partial charge in [0.15, 0.2) is 0 Å². The molecule has 0 spiro atoms. The third-order valence-corrected chi connectivity index (χ3v) is 8.47. The lowest BCUT2D eigenvalue weighted by Gasteiger charge is -2.32. The summed E-state index contributed by atoms with van der Waals surface area (Å²) >= 11 is 0. The van der Waals surface area contributed by atoms with E-state index in [-0.39, 0.29) is 6.10 Å². The van der Waals surface area contributed by atoms with Gasteiger partial charge in [0.25, 0.3) is 0 Å². The fraction of sp³-hybridized carbons (Fsp3) is 0.567. The number of nitrogens with one attached hydrogen (secondary N) is 1. The first-order valence-electron chi connectivity index (χ1n) is 14.7. The fourth-order valence-corrected chi connectivity index (χ4v) is 6.13. The minimum atomic E-state index is 0.144. The molecule has 0 amide bonds. The van der Waals surface area contributed by atoms with Crippen molar-refractivity contribution in [2.45, 2.75) is 63.0 Å². The van der Waals surface area contributed by atoms with Gasteiger partial charge in [-0.25, -0.2) is 15.0 Å². The minimum absolute atomic E-state index is 0.144. The number of morpholine rings is 1. The summed E-state index contributed by atoms with van der Waals surface area (Å²) in [5.41, 5.74) is 4.02. The number of rotatable bonds is 8. The highest BCUT2D eigenvalue weighted by Crippen LogP contribution is 2.33. The van der Waals surface area contributed by atoms with E-state index < -0.39 is 0 Å². The Kier molecular flexibility index (Phi) is 8.50. The lowest BCUT2D eigenvalue weighted by atomic mass is 9.91. The van der Waals surface area contributed by atoms with E-state index in [2.05, 4.69) is 53.3 Å². The molecular weight excluding hydrogens is 504 g/mol. The first-order valence-corrected chi connectivity index (χ1v) is 14.7. The molecule has 3 fully saturated rings. The molecule has 4 heterocycles. The molecule has 2 aliphatic heterocycles. The second-order valence-corrected chi connectivity index (χ2v) is 11.1. The van der Waals surface area contributed by atoms with Crippen LogP contribution < -0.4 is 15.0 Å². The highest BCUT2D eigenvalue weighted by molar-refractivity contribution is 5.85. The molecule has 3 aromatic rings. The topological polar surface area (TPSA) is 112 Å². The van der Waals surface area contributed by atoms with Gasteiger partial charge in [0, 0.05) is 68.6 Å². The van der Waals surface area contributed by atoms with Crippen molar-refractivity contribution in [2.75, 3.05) is 56.2 Å². The molecule has 0 atom stereocenters. The Labute approximate surface area is 235 Å². The van der Waals surface area contributed by atoms with Gasteiger partial charge in [0.05, 0.1) is 30.9 Å². The summed E-state index contributed by atoms with van der Waals surface area (Å²) in [7, 11) is 0. The first-order chi connectivity index (χ1) is 19.7. The molecule has 1 aromatic carbocycles. The summed E-state index contributed by atoms with van der Waals surface area (Å²) in [6.45, 7) is 6.17.